The lowest BCUT2D eigenvalue weighted by Crippen LogP contribution is -2.26. The van der Waals surface area contributed by atoms with Gasteiger partial charge < -0.3 is 10.6 Å². The summed E-state index contributed by atoms with van der Waals surface area (Å²) >= 11 is 6.22. The van der Waals surface area contributed by atoms with E-state index in [1.54, 1.807) is 12.4 Å². The van der Waals surface area contributed by atoms with Crippen molar-refractivity contribution in [3.8, 4) is 0 Å². The van der Waals surface area contributed by atoms with E-state index in [0.29, 0.717) is 5.02 Å². The SMILES string of the molecule is Cc1c(NC2=NCCN2)cc(Cl)c2nccnc12. The van der Waals surface area contributed by atoms with Crippen LogP contribution in [0.4, 0.5) is 5.69 Å². The Kier molecular flexibility index (Phi) is 2.76. The zero-order valence-electron chi connectivity index (χ0n) is 9.87. The van der Waals surface area contributed by atoms with Gasteiger partial charge in [-0.3, -0.25) is 15.0 Å². The van der Waals surface area contributed by atoms with Crippen molar-refractivity contribution in [2.75, 3.05) is 18.4 Å². The second-order valence-electron chi connectivity index (χ2n) is 4.07. The van der Waals surface area contributed by atoms with Gasteiger partial charge in [0.05, 0.1) is 17.1 Å². The molecule has 0 spiro atoms. The molecule has 1 aromatic heterocycles. The molecule has 0 bridgehead atoms. The van der Waals surface area contributed by atoms with Crippen LogP contribution in [0, 0.1) is 6.92 Å². The van der Waals surface area contributed by atoms with Crippen LogP contribution in [0.25, 0.3) is 11.0 Å². The Morgan fingerprint density at radius 2 is 2.06 bits per heavy atom. The molecule has 0 radical (unpaired) electrons. The fourth-order valence-corrected chi connectivity index (χ4v) is 2.20. The van der Waals surface area contributed by atoms with Crippen LogP contribution in [0.5, 0.6) is 0 Å². The molecule has 1 aliphatic rings. The van der Waals surface area contributed by atoms with Crippen LogP contribution in [-0.4, -0.2) is 29.0 Å². The summed E-state index contributed by atoms with van der Waals surface area (Å²) in [5.41, 5.74) is 3.45. The minimum atomic E-state index is 0.588. The first-order chi connectivity index (χ1) is 8.75. The summed E-state index contributed by atoms with van der Waals surface area (Å²) in [6.45, 7) is 3.65. The molecule has 0 unspecified atom stereocenters. The number of halogens is 1. The maximum atomic E-state index is 6.22. The van der Waals surface area contributed by atoms with Crippen LogP contribution in [0.1, 0.15) is 5.56 Å². The third-order valence-electron chi connectivity index (χ3n) is 2.88. The van der Waals surface area contributed by atoms with Crippen LogP contribution in [0.15, 0.2) is 23.5 Å². The Morgan fingerprint density at radius 1 is 1.28 bits per heavy atom. The highest BCUT2D eigenvalue weighted by atomic mass is 35.5. The van der Waals surface area contributed by atoms with Gasteiger partial charge in [0.1, 0.15) is 5.52 Å². The molecule has 6 heteroatoms. The highest BCUT2D eigenvalue weighted by molar-refractivity contribution is 6.35. The van der Waals surface area contributed by atoms with Crippen LogP contribution in [-0.2, 0) is 0 Å². The normalized spacial score (nSPS) is 14.4. The maximum absolute atomic E-state index is 6.22. The zero-order chi connectivity index (χ0) is 12.5. The maximum Gasteiger partial charge on any atom is 0.195 e. The van der Waals surface area contributed by atoms with Crippen LogP contribution >= 0.6 is 11.6 Å². The van der Waals surface area contributed by atoms with E-state index in [2.05, 4.69) is 25.6 Å². The third kappa shape index (κ3) is 1.86. The van der Waals surface area contributed by atoms with Crippen molar-refractivity contribution < 1.29 is 0 Å². The van der Waals surface area contributed by atoms with Crippen molar-refractivity contribution in [2.45, 2.75) is 6.92 Å². The average Bonchev–Trinajstić information content (AvgIpc) is 2.89. The molecule has 3 rings (SSSR count). The molecular formula is C12H12ClN5. The fourth-order valence-electron chi connectivity index (χ4n) is 1.96. The second-order valence-corrected chi connectivity index (χ2v) is 4.47. The summed E-state index contributed by atoms with van der Waals surface area (Å²) in [4.78, 5) is 12.9. The number of aromatic nitrogens is 2. The second kappa shape index (κ2) is 4.42. The lowest BCUT2D eigenvalue weighted by molar-refractivity contribution is 0.959. The van der Waals surface area contributed by atoms with Crippen LogP contribution in [0.2, 0.25) is 5.02 Å². The highest BCUT2D eigenvalue weighted by Gasteiger charge is 2.12. The number of aryl methyl sites for hydroxylation is 1. The van der Waals surface area contributed by atoms with Gasteiger partial charge in [-0.05, 0) is 13.0 Å². The topological polar surface area (TPSA) is 62.2 Å². The number of aliphatic imine (C=N–C) groups is 1. The first-order valence-electron chi connectivity index (χ1n) is 5.71. The van der Waals surface area contributed by atoms with E-state index in [-0.39, 0.29) is 0 Å². The first-order valence-corrected chi connectivity index (χ1v) is 6.08. The number of nitrogens with zero attached hydrogens (tertiary/aromatic N) is 3. The highest BCUT2D eigenvalue weighted by Crippen LogP contribution is 2.29. The molecule has 92 valence electrons. The Balaban J connectivity index is 2.09. The summed E-state index contributed by atoms with van der Waals surface area (Å²) in [6, 6.07) is 1.86. The standard InChI is InChI=1S/C12H12ClN5/c1-7-9(18-12-16-4-5-17-12)6-8(13)11-10(7)14-2-3-15-11/h2-3,6H,4-5H2,1H3,(H2,16,17,18). The number of anilines is 1. The van der Waals surface area contributed by atoms with Crippen molar-refractivity contribution in [3.05, 3.63) is 29.0 Å². The lowest BCUT2D eigenvalue weighted by Gasteiger charge is -2.12. The molecular weight excluding hydrogens is 250 g/mol. The van der Waals surface area contributed by atoms with Crippen LogP contribution < -0.4 is 10.6 Å². The first kappa shape index (κ1) is 11.2. The molecule has 18 heavy (non-hydrogen) atoms. The molecule has 2 N–H and O–H groups in total. The number of nitrogens with one attached hydrogen (secondary N) is 2. The quantitative estimate of drug-likeness (QED) is 0.824. The summed E-state index contributed by atoms with van der Waals surface area (Å²) in [5, 5.41) is 6.98. The molecule has 0 aliphatic carbocycles. The predicted molar refractivity (Wildman–Crippen MR) is 73.2 cm³/mol. The van der Waals surface area contributed by atoms with E-state index in [0.717, 1.165) is 41.3 Å². The van der Waals surface area contributed by atoms with Crippen molar-refractivity contribution in [3.63, 3.8) is 0 Å². The zero-order valence-corrected chi connectivity index (χ0v) is 10.6. The Hall–Kier alpha value is -1.88. The van der Waals surface area contributed by atoms with Crippen LogP contribution in [0.3, 0.4) is 0 Å². The Bertz CT molecular complexity index is 638. The van der Waals surface area contributed by atoms with Gasteiger partial charge in [0, 0.05) is 30.2 Å². The number of fused-ring (bicyclic) bond motifs is 1. The molecule has 0 amide bonds. The number of rotatable bonds is 1. The number of benzene rings is 1. The molecule has 2 aromatic rings. The van der Waals surface area contributed by atoms with Gasteiger partial charge in [0.15, 0.2) is 5.96 Å². The van der Waals surface area contributed by atoms with Crippen molar-refractivity contribution in [1.29, 1.82) is 0 Å². The van der Waals surface area contributed by atoms with E-state index < -0.39 is 0 Å². The largest absolute Gasteiger partial charge is 0.354 e. The van der Waals surface area contributed by atoms with Gasteiger partial charge in [-0.1, -0.05) is 11.6 Å². The summed E-state index contributed by atoms with van der Waals surface area (Å²) in [7, 11) is 0. The lowest BCUT2D eigenvalue weighted by atomic mass is 10.1. The van der Waals surface area contributed by atoms with Gasteiger partial charge in [0.25, 0.3) is 0 Å². The molecule has 1 aromatic carbocycles. The molecule has 2 heterocycles. The number of hydrogen-bond donors (Lipinski definition) is 2. The monoisotopic (exact) mass is 261 g/mol. The summed E-state index contributed by atoms with van der Waals surface area (Å²) in [6.07, 6.45) is 3.31. The van der Waals surface area contributed by atoms with E-state index in [4.69, 9.17) is 11.6 Å². The molecule has 0 saturated heterocycles. The van der Waals surface area contributed by atoms with E-state index in [1.807, 2.05) is 13.0 Å². The summed E-state index contributed by atoms with van der Waals surface area (Å²) in [5.74, 6) is 0.775. The van der Waals surface area contributed by atoms with Crippen molar-refractivity contribution in [1.82, 2.24) is 15.3 Å². The smallest absolute Gasteiger partial charge is 0.195 e. The number of guanidine groups is 1. The van der Waals surface area contributed by atoms with Crippen molar-refractivity contribution >= 4 is 34.3 Å². The molecule has 0 saturated carbocycles. The molecule has 1 aliphatic heterocycles. The van der Waals surface area contributed by atoms with Crippen molar-refractivity contribution in [2.24, 2.45) is 4.99 Å². The molecule has 5 nitrogen and oxygen atoms in total. The van der Waals surface area contributed by atoms with Gasteiger partial charge in [-0.15, -0.1) is 0 Å². The van der Waals surface area contributed by atoms with Gasteiger partial charge in [-0.25, -0.2) is 0 Å². The minimum absolute atomic E-state index is 0.588. The molecule has 0 atom stereocenters. The summed E-state index contributed by atoms with van der Waals surface area (Å²) < 4.78 is 0. The Labute approximate surface area is 109 Å². The third-order valence-corrected chi connectivity index (χ3v) is 3.17. The fraction of sp³-hybridized carbons (Fsp3) is 0.250. The van der Waals surface area contributed by atoms with E-state index in [1.165, 1.54) is 0 Å². The minimum Gasteiger partial charge on any atom is -0.354 e. The van der Waals surface area contributed by atoms with Gasteiger partial charge >= 0.3 is 0 Å². The predicted octanol–water partition coefficient (Wildman–Crippen LogP) is 1.96. The Morgan fingerprint density at radius 3 is 2.78 bits per heavy atom. The van der Waals surface area contributed by atoms with E-state index >= 15 is 0 Å². The van der Waals surface area contributed by atoms with Gasteiger partial charge in [0.2, 0.25) is 0 Å². The molecule has 0 fully saturated rings. The average molecular weight is 262 g/mol. The van der Waals surface area contributed by atoms with E-state index in [9.17, 15) is 0 Å². The van der Waals surface area contributed by atoms with Gasteiger partial charge in [-0.2, -0.15) is 0 Å². The number of hydrogen-bond acceptors (Lipinski definition) is 5.